The third kappa shape index (κ3) is 4.79. The molecule has 1 aromatic heterocycles. The van der Waals surface area contributed by atoms with Gasteiger partial charge in [0.2, 0.25) is 11.8 Å². The lowest BCUT2D eigenvalue weighted by atomic mass is 10.1. The Morgan fingerprint density at radius 2 is 2.12 bits per heavy atom. The molecule has 0 spiro atoms. The highest BCUT2D eigenvalue weighted by molar-refractivity contribution is 5.93. The average Bonchev–Trinajstić information content (AvgIpc) is 3.38. The van der Waals surface area contributed by atoms with Gasteiger partial charge in [0.15, 0.2) is 5.82 Å². The Balaban J connectivity index is 1.43. The molecule has 1 aliphatic carbocycles. The summed E-state index contributed by atoms with van der Waals surface area (Å²) in [6.45, 7) is 0.553. The summed E-state index contributed by atoms with van der Waals surface area (Å²) in [6.07, 6.45) is 4.08. The maximum Gasteiger partial charge on any atom is 0.241 e. The minimum atomic E-state index is -0.167. The van der Waals surface area contributed by atoms with Crippen LogP contribution in [-0.4, -0.2) is 40.5 Å². The second-order valence-electron chi connectivity index (χ2n) is 5.98. The van der Waals surface area contributed by atoms with Gasteiger partial charge in [-0.3, -0.25) is 9.59 Å². The standard InChI is InChI=1S/C17H21N5O3/c1-25-14-5-3-2-4-12(14)8-9-18-16(23)11-22-10-15(20-21-22)19-17(24)13-6-7-13/h2-5,10,13H,6-9,11H2,1H3,(H,18,23)(H,19,24). The van der Waals surface area contributed by atoms with Gasteiger partial charge in [0, 0.05) is 12.5 Å². The van der Waals surface area contributed by atoms with Crippen molar-refractivity contribution in [2.75, 3.05) is 19.0 Å². The van der Waals surface area contributed by atoms with Crippen molar-refractivity contribution in [2.24, 2.45) is 5.92 Å². The lowest BCUT2D eigenvalue weighted by molar-refractivity contribution is -0.121. The molecule has 8 heteroatoms. The number of carbonyl (C=O) groups is 2. The zero-order chi connectivity index (χ0) is 17.6. The van der Waals surface area contributed by atoms with Gasteiger partial charge in [-0.1, -0.05) is 23.4 Å². The number of para-hydroxylation sites is 1. The summed E-state index contributed by atoms with van der Waals surface area (Å²) >= 11 is 0. The number of carbonyl (C=O) groups excluding carboxylic acids is 2. The van der Waals surface area contributed by atoms with E-state index >= 15 is 0 Å². The van der Waals surface area contributed by atoms with Crippen molar-refractivity contribution in [1.29, 1.82) is 0 Å². The summed E-state index contributed by atoms with van der Waals surface area (Å²) < 4.78 is 6.69. The number of rotatable bonds is 8. The minimum absolute atomic E-state index is 0.0340. The van der Waals surface area contributed by atoms with Crippen LogP contribution < -0.4 is 15.4 Å². The molecule has 1 saturated carbocycles. The Bertz CT molecular complexity index is 754. The van der Waals surface area contributed by atoms with Crippen LogP contribution in [0.15, 0.2) is 30.5 Å². The van der Waals surface area contributed by atoms with Crippen molar-refractivity contribution < 1.29 is 14.3 Å². The van der Waals surface area contributed by atoms with E-state index in [9.17, 15) is 9.59 Å². The predicted octanol–water partition coefficient (Wildman–Crippen LogP) is 0.994. The van der Waals surface area contributed by atoms with Crippen molar-refractivity contribution >= 4 is 17.6 Å². The second kappa shape index (κ2) is 7.78. The average molecular weight is 343 g/mol. The third-order valence-corrected chi connectivity index (χ3v) is 3.95. The van der Waals surface area contributed by atoms with Crippen LogP contribution in [0.2, 0.25) is 0 Å². The zero-order valence-corrected chi connectivity index (χ0v) is 14.1. The monoisotopic (exact) mass is 343 g/mol. The number of ether oxygens (including phenoxy) is 1. The van der Waals surface area contributed by atoms with Gasteiger partial charge >= 0.3 is 0 Å². The van der Waals surface area contributed by atoms with E-state index in [1.807, 2.05) is 24.3 Å². The Hall–Kier alpha value is -2.90. The van der Waals surface area contributed by atoms with Crippen LogP contribution >= 0.6 is 0 Å². The van der Waals surface area contributed by atoms with Gasteiger partial charge in [0.05, 0.1) is 13.3 Å². The highest BCUT2D eigenvalue weighted by atomic mass is 16.5. The first-order valence-electron chi connectivity index (χ1n) is 8.25. The van der Waals surface area contributed by atoms with Gasteiger partial charge < -0.3 is 15.4 Å². The van der Waals surface area contributed by atoms with E-state index in [1.165, 1.54) is 4.68 Å². The number of aromatic nitrogens is 3. The molecule has 8 nitrogen and oxygen atoms in total. The van der Waals surface area contributed by atoms with Gasteiger partial charge in [-0.25, -0.2) is 4.68 Å². The smallest absolute Gasteiger partial charge is 0.241 e. The van der Waals surface area contributed by atoms with Gasteiger partial charge in [-0.05, 0) is 30.9 Å². The molecule has 1 heterocycles. The number of anilines is 1. The fourth-order valence-electron chi connectivity index (χ4n) is 2.46. The number of nitrogens with zero attached hydrogens (tertiary/aromatic N) is 3. The number of hydrogen-bond acceptors (Lipinski definition) is 5. The van der Waals surface area contributed by atoms with Crippen LogP contribution in [0, 0.1) is 5.92 Å². The quantitative estimate of drug-likeness (QED) is 0.745. The normalized spacial score (nSPS) is 13.3. The molecular formula is C17H21N5O3. The first-order valence-corrected chi connectivity index (χ1v) is 8.25. The Labute approximate surface area is 145 Å². The van der Waals surface area contributed by atoms with E-state index in [0.717, 1.165) is 24.2 Å². The van der Waals surface area contributed by atoms with Crippen molar-refractivity contribution in [3.63, 3.8) is 0 Å². The second-order valence-corrected chi connectivity index (χ2v) is 5.98. The highest BCUT2D eigenvalue weighted by Gasteiger charge is 2.30. The summed E-state index contributed by atoms with van der Waals surface area (Å²) in [5, 5.41) is 13.2. The SMILES string of the molecule is COc1ccccc1CCNC(=O)Cn1cc(NC(=O)C2CC2)nn1. The molecule has 0 radical (unpaired) electrons. The molecule has 25 heavy (non-hydrogen) atoms. The van der Waals surface area contributed by atoms with E-state index in [-0.39, 0.29) is 24.3 Å². The van der Waals surface area contributed by atoms with E-state index in [1.54, 1.807) is 13.3 Å². The number of amides is 2. The van der Waals surface area contributed by atoms with Crippen LogP contribution in [0.3, 0.4) is 0 Å². The molecule has 3 rings (SSSR count). The molecular weight excluding hydrogens is 322 g/mol. The van der Waals surface area contributed by atoms with Crippen LogP contribution in [0.25, 0.3) is 0 Å². The molecule has 0 unspecified atom stereocenters. The largest absolute Gasteiger partial charge is 0.496 e. The van der Waals surface area contributed by atoms with Crippen LogP contribution in [-0.2, 0) is 22.6 Å². The molecule has 1 fully saturated rings. The van der Waals surface area contributed by atoms with E-state index < -0.39 is 0 Å². The number of benzene rings is 1. The predicted molar refractivity (Wildman–Crippen MR) is 91.1 cm³/mol. The molecule has 0 bridgehead atoms. The number of methoxy groups -OCH3 is 1. The van der Waals surface area contributed by atoms with Crippen LogP contribution in [0.1, 0.15) is 18.4 Å². The highest BCUT2D eigenvalue weighted by Crippen LogP contribution is 2.29. The van der Waals surface area contributed by atoms with Crippen LogP contribution in [0.5, 0.6) is 5.75 Å². The number of nitrogens with one attached hydrogen (secondary N) is 2. The topological polar surface area (TPSA) is 98.1 Å². The lowest BCUT2D eigenvalue weighted by Crippen LogP contribution is -2.29. The van der Waals surface area contributed by atoms with Crippen molar-refractivity contribution in [1.82, 2.24) is 20.3 Å². The van der Waals surface area contributed by atoms with Gasteiger partial charge in [-0.15, -0.1) is 5.10 Å². The fraction of sp³-hybridized carbons (Fsp3) is 0.412. The van der Waals surface area contributed by atoms with Crippen molar-refractivity contribution in [2.45, 2.75) is 25.8 Å². The van der Waals surface area contributed by atoms with Gasteiger partial charge in [-0.2, -0.15) is 0 Å². The maximum absolute atomic E-state index is 12.0. The van der Waals surface area contributed by atoms with Crippen molar-refractivity contribution in [3.8, 4) is 5.75 Å². The summed E-state index contributed by atoms with van der Waals surface area (Å²) in [6, 6.07) is 7.71. The lowest BCUT2D eigenvalue weighted by Gasteiger charge is -2.09. The van der Waals surface area contributed by atoms with E-state index in [0.29, 0.717) is 18.8 Å². The molecule has 1 aliphatic rings. The molecule has 2 aromatic rings. The fourth-order valence-corrected chi connectivity index (χ4v) is 2.46. The number of hydrogen-bond donors (Lipinski definition) is 2. The molecule has 0 aliphatic heterocycles. The van der Waals surface area contributed by atoms with Crippen LogP contribution in [0.4, 0.5) is 5.82 Å². The van der Waals surface area contributed by atoms with Crippen molar-refractivity contribution in [3.05, 3.63) is 36.0 Å². The molecule has 2 amide bonds. The Morgan fingerprint density at radius 1 is 1.32 bits per heavy atom. The summed E-state index contributed by atoms with van der Waals surface area (Å²) in [4.78, 5) is 23.6. The summed E-state index contributed by atoms with van der Waals surface area (Å²) in [7, 11) is 1.63. The molecule has 1 aromatic carbocycles. The maximum atomic E-state index is 12.0. The summed E-state index contributed by atoms with van der Waals surface area (Å²) in [5.74, 6) is 1.08. The van der Waals surface area contributed by atoms with E-state index in [4.69, 9.17) is 4.74 Å². The molecule has 132 valence electrons. The Kier molecular flexibility index (Phi) is 5.27. The zero-order valence-electron chi connectivity index (χ0n) is 14.1. The summed E-state index contributed by atoms with van der Waals surface area (Å²) in [5.41, 5.74) is 1.04. The molecule has 0 atom stereocenters. The first kappa shape index (κ1) is 16.9. The Morgan fingerprint density at radius 3 is 2.88 bits per heavy atom. The van der Waals surface area contributed by atoms with Gasteiger partial charge in [0.1, 0.15) is 12.3 Å². The van der Waals surface area contributed by atoms with E-state index in [2.05, 4.69) is 20.9 Å². The van der Waals surface area contributed by atoms with Gasteiger partial charge in [0.25, 0.3) is 0 Å². The molecule has 2 N–H and O–H groups in total. The third-order valence-electron chi connectivity index (χ3n) is 3.95. The first-order chi connectivity index (χ1) is 12.2. The molecule has 0 saturated heterocycles. The minimum Gasteiger partial charge on any atom is -0.496 e.